The minimum absolute atomic E-state index is 0.139. The SMILES string of the molecule is CC[C@@H](C(=O)NC(C)(C)C)N(Cc1ccccc1)C(=O)CN(c1cc(Cl)ccc1OC)S(C)(=O)=O. The molecule has 0 aliphatic rings. The van der Waals surface area contributed by atoms with Gasteiger partial charge in [0.2, 0.25) is 21.8 Å². The van der Waals surface area contributed by atoms with Crippen LogP contribution < -0.4 is 14.4 Å². The van der Waals surface area contributed by atoms with Crippen molar-refractivity contribution < 1.29 is 22.7 Å². The molecule has 0 fully saturated rings. The second kappa shape index (κ2) is 11.8. The van der Waals surface area contributed by atoms with E-state index in [0.717, 1.165) is 16.1 Å². The van der Waals surface area contributed by atoms with Crippen LogP contribution in [0.3, 0.4) is 0 Å². The fraction of sp³-hybridized carbons (Fsp3) is 0.440. The van der Waals surface area contributed by atoms with E-state index in [4.69, 9.17) is 16.3 Å². The number of nitrogens with one attached hydrogen (secondary N) is 1. The molecule has 8 nitrogen and oxygen atoms in total. The van der Waals surface area contributed by atoms with E-state index >= 15 is 0 Å². The van der Waals surface area contributed by atoms with Crippen molar-refractivity contribution in [3.05, 3.63) is 59.1 Å². The molecule has 0 spiro atoms. The van der Waals surface area contributed by atoms with Gasteiger partial charge >= 0.3 is 0 Å². The lowest BCUT2D eigenvalue weighted by Crippen LogP contribution is -2.55. The molecule has 192 valence electrons. The Labute approximate surface area is 213 Å². The second-order valence-electron chi connectivity index (χ2n) is 9.26. The fourth-order valence-corrected chi connectivity index (χ4v) is 4.62. The first-order chi connectivity index (χ1) is 16.3. The molecule has 1 N–H and O–H groups in total. The number of nitrogens with zero attached hydrogens (tertiary/aromatic N) is 2. The summed E-state index contributed by atoms with van der Waals surface area (Å²) in [7, 11) is -2.50. The zero-order chi connectivity index (χ0) is 26.4. The third-order valence-corrected chi connectivity index (χ3v) is 6.53. The molecule has 0 aliphatic heterocycles. The summed E-state index contributed by atoms with van der Waals surface area (Å²) >= 11 is 6.12. The van der Waals surface area contributed by atoms with E-state index in [2.05, 4.69) is 5.32 Å². The largest absolute Gasteiger partial charge is 0.495 e. The van der Waals surface area contributed by atoms with Gasteiger partial charge in [-0.05, 0) is 51.0 Å². The minimum atomic E-state index is -3.90. The average molecular weight is 524 g/mol. The highest BCUT2D eigenvalue weighted by Gasteiger charge is 2.33. The van der Waals surface area contributed by atoms with Crippen LogP contribution in [0.1, 0.15) is 39.7 Å². The smallest absolute Gasteiger partial charge is 0.244 e. The summed E-state index contributed by atoms with van der Waals surface area (Å²) in [6.45, 7) is 7.00. The molecule has 0 unspecified atom stereocenters. The number of carbonyl (C=O) groups excluding carboxylic acids is 2. The summed E-state index contributed by atoms with van der Waals surface area (Å²) in [5, 5.41) is 3.22. The van der Waals surface area contributed by atoms with Gasteiger partial charge < -0.3 is 15.0 Å². The van der Waals surface area contributed by atoms with Crippen molar-refractivity contribution in [2.75, 3.05) is 24.2 Å². The van der Waals surface area contributed by atoms with Crippen LogP contribution in [-0.4, -0.2) is 56.6 Å². The highest BCUT2D eigenvalue weighted by Crippen LogP contribution is 2.33. The van der Waals surface area contributed by atoms with Crippen molar-refractivity contribution in [1.29, 1.82) is 0 Å². The molecule has 1 atom stereocenters. The number of hydrogen-bond acceptors (Lipinski definition) is 5. The summed E-state index contributed by atoms with van der Waals surface area (Å²) in [5.74, 6) is -0.590. The number of amides is 2. The molecular formula is C25H34ClN3O5S. The molecule has 0 heterocycles. The van der Waals surface area contributed by atoms with Crippen molar-refractivity contribution >= 4 is 39.1 Å². The van der Waals surface area contributed by atoms with Gasteiger partial charge in [-0.15, -0.1) is 0 Å². The average Bonchev–Trinajstić information content (AvgIpc) is 2.75. The zero-order valence-electron chi connectivity index (χ0n) is 21.0. The van der Waals surface area contributed by atoms with Gasteiger partial charge in [-0.1, -0.05) is 48.9 Å². The van der Waals surface area contributed by atoms with E-state index in [-0.39, 0.29) is 23.9 Å². The molecular weight excluding hydrogens is 490 g/mol. The molecule has 10 heteroatoms. The van der Waals surface area contributed by atoms with Crippen molar-refractivity contribution in [1.82, 2.24) is 10.2 Å². The number of ether oxygens (including phenoxy) is 1. The normalized spacial score (nSPS) is 12.5. The Morgan fingerprint density at radius 3 is 2.26 bits per heavy atom. The van der Waals surface area contributed by atoms with E-state index in [1.165, 1.54) is 24.1 Å². The summed E-state index contributed by atoms with van der Waals surface area (Å²) < 4.78 is 31.8. The summed E-state index contributed by atoms with van der Waals surface area (Å²) in [6.07, 6.45) is 1.35. The van der Waals surface area contributed by atoms with E-state index < -0.39 is 34.1 Å². The van der Waals surface area contributed by atoms with Gasteiger partial charge in [-0.25, -0.2) is 8.42 Å². The first kappa shape index (κ1) is 28.5. The highest BCUT2D eigenvalue weighted by molar-refractivity contribution is 7.92. The van der Waals surface area contributed by atoms with E-state index in [1.54, 1.807) is 6.07 Å². The van der Waals surface area contributed by atoms with Crippen molar-refractivity contribution in [3.8, 4) is 5.75 Å². The molecule has 0 saturated heterocycles. The third-order valence-electron chi connectivity index (χ3n) is 5.17. The lowest BCUT2D eigenvalue weighted by atomic mass is 10.1. The molecule has 0 bridgehead atoms. The Kier molecular flexibility index (Phi) is 9.57. The van der Waals surface area contributed by atoms with Gasteiger partial charge in [-0.3, -0.25) is 13.9 Å². The first-order valence-electron chi connectivity index (χ1n) is 11.2. The number of methoxy groups -OCH3 is 1. The maximum atomic E-state index is 13.7. The lowest BCUT2D eigenvalue weighted by Gasteiger charge is -2.34. The molecule has 2 rings (SSSR count). The monoisotopic (exact) mass is 523 g/mol. The van der Waals surface area contributed by atoms with E-state index in [1.807, 2.05) is 58.0 Å². The van der Waals surface area contributed by atoms with Gasteiger partial charge in [0.15, 0.2) is 0 Å². The number of halogens is 1. The van der Waals surface area contributed by atoms with Crippen LogP contribution in [0.5, 0.6) is 5.75 Å². The molecule has 0 aliphatic carbocycles. The molecule has 0 aromatic heterocycles. The first-order valence-corrected chi connectivity index (χ1v) is 13.5. The van der Waals surface area contributed by atoms with E-state index in [0.29, 0.717) is 11.4 Å². The fourth-order valence-electron chi connectivity index (χ4n) is 3.61. The Balaban J connectivity index is 2.50. The number of sulfonamides is 1. The lowest BCUT2D eigenvalue weighted by molar-refractivity contribution is -0.141. The van der Waals surface area contributed by atoms with Crippen LogP contribution in [0.4, 0.5) is 5.69 Å². The second-order valence-corrected chi connectivity index (χ2v) is 11.6. The summed E-state index contributed by atoms with van der Waals surface area (Å²) in [5.41, 5.74) is 0.454. The molecule has 0 radical (unpaired) electrons. The standard InChI is InChI=1S/C25H34ClN3O5S/c1-7-20(24(31)27-25(2,3)4)28(16-18-11-9-8-10-12-18)23(30)17-29(35(6,32)33)21-15-19(26)13-14-22(21)34-5/h8-15,20H,7,16-17H2,1-6H3,(H,27,31)/t20-/m0/s1. The quantitative estimate of drug-likeness (QED) is 0.510. The zero-order valence-corrected chi connectivity index (χ0v) is 22.6. The number of benzene rings is 2. The number of carbonyl (C=O) groups is 2. The Hall–Kier alpha value is -2.78. The van der Waals surface area contributed by atoms with Gasteiger partial charge in [0.1, 0.15) is 18.3 Å². The van der Waals surface area contributed by atoms with E-state index in [9.17, 15) is 18.0 Å². The maximum absolute atomic E-state index is 13.7. The van der Waals surface area contributed by atoms with Gasteiger partial charge in [0.05, 0.1) is 19.1 Å². The third kappa shape index (κ3) is 8.14. The van der Waals surface area contributed by atoms with Crippen LogP contribution in [0.15, 0.2) is 48.5 Å². The highest BCUT2D eigenvalue weighted by atomic mass is 35.5. The maximum Gasteiger partial charge on any atom is 0.244 e. The predicted octanol–water partition coefficient (Wildman–Crippen LogP) is 3.84. The van der Waals surface area contributed by atoms with Crippen LogP contribution >= 0.6 is 11.6 Å². The molecule has 0 saturated carbocycles. The van der Waals surface area contributed by atoms with Crippen molar-refractivity contribution in [2.45, 2.75) is 52.2 Å². The molecule has 2 aromatic rings. The minimum Gasteiger partial charge on any atom is -0.495 e. The number of hydrogen-bond donors (Lipinski definition) is 1. The Bertz CT molecular complexity index is 1130. The van der Waals surface area contributed by atoms with Gasteiger partial charge in [-0.2, -0.15) is 0 Å². The van der Waals surface area contributed by atoms with Gasteiger partial charge in [0, 0.05) is 17.1 Å². The topological polar surface area (TPSA) is 96.0 Å². The number of anilines is 1. The Morgan fingerprint density at radius 2 is 1.74 bits per heavy atom. The molecule has 2 aromatic carbocycles. The summed E-state index contributed by atoms with van der Waals surface area (Å²) in [4.78, 5) is 28.3. The van der Waals surface area contributed by atoms with Crippen molar-refractivity contribution in [3.63, 3.8) is 0 Å². The summed E-state index contributed by atoms with van der Waals surface area (Å²) in [6, 6.07) is 13.0. The van der Waals surface area contributed by atoms with Crippen LogP contribution in [0.25, 0.3) is 0 Å². The Morgan fingerprint density at radius 1 is 1.11 bits per heavy atom. The van der Waals surface area contributed by atoms with Crippen LogP contribution in [0.2, 0.25) is 5.02 Å². The predicted molar refractivity (Wildman–Crippen MR) is 139 cm³/mol. The van der Waals surface area contributed by atoms with Crippen LogP contribution in [0, 0.1) is 0 Å². The van der Waals surface area contributed by atoms with Gasteiger partial charge in [0.25, 0.3) is 0 Å². The molecule has 2 amide bonds. The molecule has 35 heavy (non-hydrogen) atoms. The number of rotatable bonds is 10. The van der Waals surface area contributed by atoms with Crippen LogP contribution in [-0.2, 0) is 26.2 Å². The van der Waals surface area contributed by atoms with Crippen molar-refractivity contribution in [2.24, 2.45) is 0 Å².